The van der Waals surface area contributed by atoms with Crippen LogP contribution in [0.4, 0.5) is 0 Å². The van der Waals surface area contributed by atoms with Crippen molar-refractivity contribution in [1.82, 2.24) is 14.4 Å². The van der Waals surface area contributed by atoms with Crippen molar-refractivity contribution in [2.45, 2.75) is 114 Å². The van der Waals surface area contributed by atoms with Gasteiger partial charge in [-0.05, 0) is 72.2 Å². The third-order valence-corrected chi connectivity index (χ3v) is 12.6. The SMILES string of the molecule is CCC(CC)/C(O)=C/C(=O)C(C)(CC)CC.Cc1[c-]c2c3ncnc4cc([Si](C)(C)C)cc(c43)n3c4ccc(CC(C)(C)C)cc4c(c1)c23.[Ir]. The molecule has 1 N–H and O–H groups in total. The third kappa shape index (κ3) is 7.56. The van der Waals surface area contributed by atoms with Crippen LogP contribution in [0.25, 0.3) is 49.1 Å². The molecule has 3 heterocycles. The Morgan fingerprint density at radius 3 is 2.18 bits per heavy atom. The molecule has 0 aliphatic carbocycles. The fraction of sp³-hybridized carbons (Fsp3) is 0.465. The summed E-state index contributed by atoms with van der Waals surface area (Å²) in [5.41, 5.74) is 8.21. The quantitative estimate of drug-likeness (QED) is 0.0393. The summed E-state index contributed by atoms with van der Waals surface area (Å²) in [5.74, 6) is 0.437. The molecular weight excluding hydrogens is 811 g/mol. The maximum atomic E-state index is 12.0. The number of carbonyl (C=O) groups excluding carboxylic acids is 1. The number of pyridine rings is 1. The van der Waals surface area contributed by atoms with Crippen molar-refractivity contribution in [1.29, 1.82) is 0 Å². The number of rotatable bonds is 9. The molecule has 7 heteroatoms. The zero-order chi connectivity index (χ0) is 36.1. The summed E-state index contributed by atoms with van der Waals surface area (Å²) in [4.78, 5) is 21.5. The molecule has 269 valence electrons. The van der Waals surface area contributed by atoms with Crippen molar-refractivity contribution < 1.29 is 30.0 Å². The van der Waals surface area contributed by atoms with Gasteiger partial charge in [0, 0.05) is 59.5 Å². The molecule has 6 rings (SSSR count). The Hall–Kier alpha value is -3.12. The molecule has 3 aromatic heterocycles. The summed E-state index contributed by atoms with van der Waals surface area (Å²) in [5, 5.41) is 16.2. The Labute approximate surface area is 313 Å². The summed E-state index contributed by atoms with van der Waals surface area (Å²) in [7, 11) is -1.54. The van der Waals surface area contributed by atoms with Gasteiger partial charge in [0.05, 0.1) is 19.3 Å². The van der Waals surface area contributed by atoms with Gasteiger partial charge in [-0.2, -0.15) is 0 Å². The molecule has 6 aromatic rings. The van der Waals surface area contributed by atoms with Gasteiger partial charge < -0.3 is 9.51 Å². The second-order valence-corrected chi connectivity index (χ2v) is 21.7. The average molecular weight is 867 g/mol. The number of carbonyl (C=O) groups is 1. The van der Waals surface area contributed by atoms with Crippen LogP contribution in [0.5, 0.6) is 0 Å². The molecule has 0 spiro atoms. The fourth-order valence-corrected chi connectivity index (χ4v) is 8.25. The van der Waals surface area contributed by atoms with E-state index in [1.807, 2.05) is 34.6 Å². The van der Waals surface area contributed by atoms with E-state index in [0.29, 0.717) is 0 Å². The van der Waals surface area contributed by atoms with Crippen LogP contribution in [0.15, 0.2) is 54.6 Å². The van der Waals surface area contributed by atoms with Crippen molar-refractivity contribution in [3.05, 3.63) is 71.8 Å². The number of nitrogens with zero attached hydrogens (tertiary/aromatic N) is 3. The first kappa shape index (κ1) is 39.7. The molecule has 0 aliphatic rings. The normalized spacial score (nSPS) is 13.1. The Bertz CT molecular complexity index is 2180. The van der Waals surface area contributed by atoms with E-state index in [9.17, 15) is 9.90 Å². The second kappa shape index (κ2) is 14.9. The van der Waals surface area contributed by atoms with E-state index in [2.05, 4.69) is 94.2 Å². The number of hydrogen-bond donors (Lipinski definition) is 1. The number of aliphatic hydroxyl groups excluding tert-OH is 1. The predicted molar refractivity (Wildman–Crippen MR) is 212 cm³/mol. The van der Waals surface area contributed by atoms with Crippen LogP contribution < -0.4 is 5.19 Å². The molecule has 0 unspecified atom stereocenters. The van der Waals surface area contributed by atoms with Gasteiger partial charge in [-0.1, -0.05) is 110 Å². The summed E-state index contributed by atoms with van der Waals surface area (Å²) < 4.78 is 2.46. The van der Waals surface area contributed by atoms with Crippen molar-refractivity contribution >= 4 is 68.2 Å². The summed E-state index contributed by atoms with van der Waals surface area (Å²) in [6.45, 7) is 26.3. The Morgan fingerprint density at radius 1 is 0.940 bits per heavy atom. The van der Waals surface area contributed by atoms with Crippen LogP contribution in [0.1, 0.15) is 92.2 Å². The van der Waals surface area contributed by atoms with Gasteiger partial charge in [0.1, 0.15) is 6.33 Å². The monoisotopic (exact) mass is 867 g/mol. The van der Waals surface area contributed by atoms with Crippen LogP contribution >= 0.6 is 0 Å². The predicted octanol–water partition coefficient (Wildman–Crippen LogP) is 11.3. The number of benzene rings is 3. The van der Waals surface area contributed by atoms with Gasteiger partial charge in [-0.3, -0.25) is 9.78 Å². The molecule has 0 saturated carbocycles. The molecule has 0 atom stereocenters. The summed E-state index contributed by atoms with van der Waals surface area (Å²) in [6.07, 6.45) is 7.61. The maximum Gasteiger partial charge on any atom is 0.164 e. The van der Waals surface area contributed by atoms with E-state index >= 15 is 0 Å². The van der Waals surface area contributed by atoms with E-state index in [1.165, 1.54) is 44.1 Å². The van der Waals surface area contributed by atoms with Crippen LogP contribution in [0, 0.1) is 29.7 Å². The third-order valence-electron chi connectivity index (χ3n) is 10.6. The minimum Gasteiger partial charge on any atom is -0.512 e. The van der Waals surface area contributed by atoms with Crippen LogP contribution in [-0.4, -0.2) is 33.3 Å². The molecule has 3 aromatic carbocycles. The molecular formula is C43H56IrN3O2Si-. The molecule has 0 aliphatic heterocycles. The van der Waals surface area contributed by atoms with Crippen LogP contribution in [0.2, 0.25) is 19.6 Å². The van der Waals surface area contributed by atoms with E-state index in [4.69, 9.17) is 9.97 Å². The van der Waals surface area contributed by atoms with Gasteiger partial charge in [0.15, 0.2) is 5.78 Å². The van der Waals surface area contributed by atoms with Crippen LogP contribution in [0.3, 0.4) is 0 Å². The molecule has 0 amide bonds. The van der Waals surface area contributed by atoms with Crippen LogP contribution in [-0.2, 0) is 31.3 Å². The van der Waals surface area contributed by atoms with Gasteiger partial charge in [0.2, 0.25) is 0 Å². The standard InChI is InChI=1S/C29H30N3Si.C14H26O2.Ir/c1-17-10-21-20-12-18(15-29(2,3)4)8-9-24(20)32-25-14-19(33(5,6)7)13-23-26(25)27(31-16-30-23)22(11-17)28(21)32;1-6-11(7-2)12(15)10-13(16)14(5,8-3)9-4;/h8-10,12-14,16H,15H2,1-7H3;10-11,15H,6-9H2,1-5H3;/q-1;;/b;12-10-;. The number of aromatic nitrogens is 3. The Kier molecular flexibility index (Phi) is 11.8. The molecule has 0 fully saturated rings. The number of allylic oxidation sites excluding steroid dienone is 2. The summed E-state index contributed by atoms with van der Waals surface area (Å²) >= 11 is 0. The number of hydrogen-bond acceptors (Lipinski definition) is 4. The largest absolute Gasteiger partial charge is 0.512 e. The first-order chi connectivity index (χ1) is 23.0. The number of fused-ring (bicyclic) bond motifs is 5. The second-order valence-electron chi connectivity index (χ2n) is 16.6. The topological polar surface area (TPSA) is 67.5 Å². The maximum absolute atomic E-state index is 12.0. The van der Waals surface area contributed by atoms with Crippen molar-refractivity contribution in [3.8, 4) is 0 Å². The van der Waals surface area contributed by atoms with Crippen molar-refractivity contribution in [2.24, 2.45) is 16.7 Å². The van der Waals surface area contributed by atoms with Gasteiger partial charge in [0.25, 0.3) is 0 Å². The molecule has 50 heavy (non-hydrogen) atoms. The molecule has 5 nitrogen and oxygen atoms in total. The fourth-order valence-electron chi connectivity index (χ4n) is 7.11. The first-order valence-electron chi connectivity index (χ1n) is 18.2. The zero-order valence-electron chi connectivity index (χ0n) is 32.3. The first-order valence-corrected chi connectivity index (χ1v) is 21.7. The average Bonchev–Trinajstić information content (AvgIpc) is 3.36. The molecule has 0 bridgehead atoms. The Morgan fingerprint density at radius 2 is 1.60 bits per heavy atom. The molecule has 1 radical (unpaired) electrons. The number of aryl methyl sites for hydroxylation is 1. The minimum atomic E-state index is -1.54. The van der Waals surface area contributed by atoms with Crippen molar-refractivity contribution in [2.75, 3.05) is 0 Å². The van der Waals surface area contributed by atoms with Gasteiger partial charge >= 0.3 is 0 Å². The zero-order valence-corrected chi connectivity index (χ0v) is 35.7. The number of aliphatic hydroxyl groups is 1. The minimum absolute atomic E-state index is 0. The van der Waals surface area contributed by atoms with E-state index < -0.39 is 8.07 Å². The van der Waals surface area contributed by atoms with E-state index in [1.54, 1.807) is 6.33 Å². The Balaban J connectivity index is 0.000000284. The van der Waals surface area contributed by atoms with Crippen molar-refractivity contribution in [3.63, 3.8) is 0 Å². The summed E-state index contributed by atoms with van der Waals surface area (Å²) in [6, 6.07) is 17.7. The molecule has 0 saturated heterocycles. The van der Waals surface area contributed by atoms with E-state index in [-0.39, 0.29) is 48.4 Å². The van der Waals surface area contributed by atoms with Gasteiger partial charge in [-0.15, -0.1) is 17.7 Å². The van der Waals surface area contributed by atoms with Gasteiger partial charge in [-0.25, -0.2) is 4.98 Å². The smallest absolute Gasteiger partial charge is 0.164 e. The van der Waals surface area contributed by atoms with E-state index in [0.717, 1.165) is 59.5 Å². The number of ketones is 1.